The number of benzene rings is 1. The van der Waals surface area contributed by atoms with Crippen molar-refractivity contribution in [3.63, 3.8) is 0 Å². The molecule has 1 aliphatic carbocycles. The van der Waals surface area contributed by atoms with Gasteiger partial charge in [-0.05, 0) is 38.0 Å². The number of rotatable bonds is 7. The molecule has 0 spiro atoms. The molecule has 29 heavy (non-hydrogen) atoms. The van der Waals surface area contributed by atoms with Gasteiger partial charge in [0.2, 0.25) is 0 Å². The van der Waals surface area contributed by atoms with E-state index in [4.69, 9.17) is 9.47 Å². The predicted molar refractivity (Wildman–Crippen MR) is 111 cm³/mol. The normalized spacial score (nSPS) is 14.3. The molecule has 0 bridgehead atoms. The average Bonchev–Trinajstić information content (AvgIpc) is 3.40. The maximum absolute atomic E-state index is 12.8. The van der Waals surface area contributed by atoms with E-state index in [2.05, 4.69) is 15.4 Å². The number of aromatic nitrogens is 3. The van der Waals surface area contributed by atoms with E-state index >= 15 is 0 Å². The summed E-state index contributed by atoms with van der Waals surface area (Å²) in [6.07, 6.45) is 6.44. The highest BCUT2D eigenvalue weighted by Crippen LogP contribution is 2.32. The number of fused-ring (bicyclic) bond motifs is 1. The topological polar surface area (TPSA) is 78.3 Å². The van der Waals surface area contributed by atoms with Crippen LogP contribution in [0.15, 0.2) is 36.5 Å². The lowest BCUT2D eigenvalue weighted by Crippen LogP contribution is -2.28. The number of amides is 1. The molecule has 0 aliphatic heterocycles. The van der Waals surface area contributed by atoms with Crippen LogP contribution in [0.4, 0.5) is 0 Å². The van der Waals surface area contributed by atoms with Gasteiger partial charge in [0.15, 0.2) is 17.1 Å². The fraction of sp³-hybridized carbons (Fsp3) is 0.409. The van der Waals surface area contributed by atoms with Crippen LogP contribution in [0.25, 0.3) is 11.0 Å². The lowest BCUT2D eigenvalue weighted by Gasteiger charge is -2.12. The predicted octanol–water partition coefficient (Wildman–Crippen LogP) is 3.67. The Morgan fingerprint density at radius 1 is 1.24 bits per heavy atom. The number of para-hydroxylation sites is 2. The van der Waals surface area contributed by atoms with Gasteiger partial charge in [-0.15, -0.1) is 0 Å². The van der Waals surface area contributed by atoms with Crippen molar-refractivity contribution in [2.24, 2.45) is 0 Å². The summed E-state index contributed by atoms with van der Waals surface area (Å²) in [7, 11) is 1.60. The van der Waals surface area contributed by atoms with Gasteiger partial charge in [-0.25, -0.2) is 9.67 Å². The van der Waals surface area contributed by atoms with Crippen LogP contribution in [0.1, 0.15) is 47.8 Å². The Kier molecular flexibility index (Phi) is 5.64. The van der Waals surface area contributed by atoms with Gasteiger partial charge in [0.1, 0.15) is 6.61 Å². The Morgan fingerprint density at radius 2 is 2.00 bits per heavy atom. The quantitative estimate of drug-likeness (QED) is 0.619. The molecule has 0 atom stereocenters. The zero-order valence-electron chi connectivity index (χ0n) is 16.9. The molecule has 0 saturated heterocycles. The minimum absolute atomic E-state index is 0.143. The van der Waals surface area contributed by atoms with Crippen LogP contribution in [-0.2, 0) is 0 Å². The second kappa shape index (κ2) is 8.51. The lowest BCUT2D eigenvalue weighted by atomic mass is 10.1. The van der Waals surface area contributed by atoms with Crippen LogP contribution in [0.5, 0.6) is 11.5 Å². The number of ether oxygens (including phenoxy) is 2. The fourth-order valence-corrected chi connectivity index (χ4v) is 3.91. The van der Waals surface area contributed by atoms with Gasteiger partial charge < -0.3 is 14.8 Å². The molecule has 7 heteroatoms. The first-order valence-electron chi connectivity index (χ1n) is 10.1. The number of nitrogens with zero attached hydrogens (tertiary/aromatic N) is 3. The van der Waals surface area contributed by atoms with Crippen molar-refractivity contribution in [3.05, 3.63) is 47.8 Å². The second-order valence-electron chi connectivity index (χ2n) is 7.33. The smallest absolute Gasteiger partial charge is 0.252 e. The number of carbonyl (C=O) groups is 1. The second-order valence-corrected chi connectivity index (χ2v) is 7.33. The highest BCUT2D eigenvalue weighted by molar-refractivity contribution is 6.05. The molecule has 4 rings (SSSR count). The zero-order valence-corrected chi connectivity index (χ0v) is 16.9. The van der Waals surface area contributed by atoms with E-state index < -0.39 is 0 Å². The van der Waals surface area contributed by atoms with E-state index in [-0.39, 0.29) is 5.91 Å². The van der Waals surface area contributed by atoms with Crippen molar-refractivity contribution in [1.82, 2.24) is 20.1 Å². The third kappa shape index (κ3) is 4.04. The molecule has 1 N–H and O–H groups in total. The monoisotopic (exact) mass is 394 g/mol. The Bertz CT molecular complexity index is 1010. The zero-order chi connectivity index (χ0) is 20.2. The van der Waals surface area contributed by atoms with E-state index in [0.717, 1.165) is 29.6 Å². The molecular formula is C22H26N4O3. The van der Waals surface area contributed by atoms with E-state index in [9.17, 15) is 4.79 Å². The fourth-order valence-electron chi connectivity index (χ4n) is 3.91. The van der Waals surface area contributed by atoms with Gasteiger partial charge in [0.05, 0.1) is 36.8 Å². The van der Waals surface area contributed by atoms with Crippen molar-refractivity contribution < 1.29 is 14.3 Å². The number of aryl methyl sites for hydroxylation is 1. The third-order valence-corrected chi connectivity index (χ3v) is 5.32. The number of methoxy groups -OCH3 is 1. The number of hydrogen-bond donors (Lipinski definition) is 1. The maximum Gasteiger partial charge on any atom is 0.252 e. The van der Waals surface area contributed by atoms with Crippen LogP contribution >= 0.6 is 0 Å². The SMILES string of the molecule is COc1ccccc1OCCNC(=O)c1cc(C)nc2c1cnn2C1CCCC1. The number of nitrogens with one attached hydrogen (secondary N) is 1. The van der Waals surface area contributed by atoms with Gasteiger partial charge in [-0.1, -0.05) is 25.0 Å². The summed E-state index contributed by atoms with van der Waals surface area (Å²) in [6.45, 7) is 2.64. The molecule has 7 nitrogen and oxygen atoms in total. The van der Waals surface area contributed by atoms with Crippen molar-refractivity contribution in [2.75, 3.05) is 20.3 Å². The molecule has 2 heterocycles. The van der Waals surface area contributed by atoms with E-state index in [1.807, 2.05) is 41.9 Å². The minimum Gasteiger partial charge on any atom is -0.493 e. The Hall–Kier alpha value is -3.09. The molecule has 0 unspecified atom stereocenters. The summed E-state index contributed by atoms with van der Waals surface area (Å²) >= 11 is 0. The molecule has 2 aromatic heterocycles. The molecule has 3 aromatic rings. The Balaban J connectivity index is 1.44. The minimum atomic E-state index is -0.143. The molecule has 1 amide bonds. The molecule has 1 fully saturated rings. The standard InChI is InChI=1S/C22H26N4O3/c1-15-13-17(18-14-24-26(21(18)25-15)16-7-3-4-8-16)22(27)23-11-12-29-20-10-6-5-9-19(20)28-2/h5-6,9-10,13-14,16H,3-4,7-8,11-12H2,1-2H3,(H,23,27). The summed E-state index contributed by atoms with van der Waals surface area (Å²) in [5.41, 5.74) is 2.22. The molecular weight excluding hydrogens is 368 g/mol. The Labute approximate surface area is 170 Å². The van der Waals surface area contributed by atoms with Crippen molar-refractivity contribution in [1.29, 1.82) is 0 Å². The summed E-state index contributed by atoms with van der Waals surface area (Å²) < 4.78 is 13.0. The highest BCUT2D eigenvalue weighted by atomic mass is 16.5. The van der Waals surface area contributed by atoms with Crippen LogP contribution < -0.4 is 14.8 Å². The van der Waals surface area contributed by atoms with Gasteiger partial charge in [-0.3, -0.25) is 4.79 Å². The summed E-state index contributed by atoms with van der Waals surface area (Å²) in [5.74, 6) is 1.18. The summed E-state index contributed by atoms with van der Waals surface area (Å²) in [5, 5.41) is 8.28. The van der Waals surface area contributed by atoms with Gasteiger partial charge in [0, 0.05) is 5.69 Å². The van der Waals surface area contributed by atoms with E-state index in [1.165, 1.54) is 12.8 Å². The first-order chi connectivity index (χ1) is 14.2. The van der Waals surface area contributed by atoms with Gasteiger partial charge >= 0.3 is 0 Å². The van der Waals surface area contributed by atoms with Crippen molar-refractivity contribution in [3.8, 4) is 11.5 Å². The molecule has 0 radical (unpaired) electrons. The maximum atomic E-state index is 12.8. The van der Waals surface area contributed by atoms with Gasteiger partial charge in [-0.2, -0.15) is 5.10 Å². The lowest BCUT2D eigenvalue weighted by molar-refractivity contribution is 0.0948. The molecule has 152 valence electrons. The average molecular weight is 394 g/mol. The van der Waals surface area contributed by atoms with Crippen molar-refractivity contribution >= 4 is 16.9 Å². The van der Waals surface area contributed by atoms with Crippen LogP contribution in [0, 0.1) is 6.92 Å². The molecule has 1 saturated carbocycles. The van der Waals surface area contributed by atoms with Crippen LogP contribution in [-0.4, -0.2) is 40.9 Å². The third-order valence-electron chi connectivity index (χ3n) is 5.32. The number of pyridine rings is 1. The van der Waals surface area contributed by atoms with Crippen molar-refractivity contribution in [2.45, 2.75) is 38.6 Å². The highest BCUT2D eigenvalue weighted by Gasteiger charge is 2.22. The first-order valence-corrected chi connectivity index (χ1v) is 10.1. The molecule has 1 aliphatic rings. The van der Waals surface area contributed by atoms with Gasteiger partial charge in [0.25, 0.3) is 5.91 Å². The first kappa shape index (κ1) is 19.2. The van der Waals surface area contributed by atoms with E-state index in [1.54, 1.807) is 13.3 Å². The van der Waals surface area contributed by atoms with E-state index in [0.29, 0.717) is 36.3 Å². The number of carbonyl (C=O) groups excluding carboxylic acids is 1. The largest absolute Gasteiger partial charge is 0.493 e. The van der Waals surface area contributed by atoms with Crippen LogP contribution in [0.3, 0.4) is 0 Å². The number of hydrogen-bond acceptors (Lipinski definition) is 5. The summed E-state index contributed by atoms with van der Waals surface area (Å²) in [4.78, 5) is 17.5. The summed E-state index contributed by atoms with van der Waals surface area (Å²) in [6, 6.07) is 9.65. The van der Waals surface area contributed by atoms with Crippen LogP contribution in [0.2, 0.25) is 0 Å². The Morgan fingerprint density at radius 3 is 2.76 bits per heavy atom. The molecule has 1 aromatic carbocycles.